The second-order valence-corrected chi connectivity index (χ2v) is 2.51. The molecule has 3 heteroatoms. The molecular weight excluding hydrogens is 114 g/mol. The molecule has 0 radical (unpaired) electrons. The lowest BCUT2D eigenvalue weighted by Crippen LogP contribution is -2.03. The first-order chi connectivity index (χ1) is 4.29. The van der Waals surface area contributed by atoms with Gasteiger partial charge in [0.1, 0.15) is 12.7 Å². The Morgan fingerprint density at radius 3 is 2.78 bits per heavy atom. The van der Waals surface area contributed by atoms with E-state index in [1.807, 2.05) is 4.68 Å². The van der Waals surface area contributed by atoms with Crippen LogP contribution in [0.25, 0.3) is 0 Å². The van der Waals surface area contributed by atoms with Crippen molar-refractivity contribution in [3.8, 4) is 0 Å². The molecule has 0 saturated carbocycles. The van der Waals surface area contributed by atoms with Gasteiger partial charge in [-0.05, 0) is 5.92 Å². The van der Waals surface area contributed by atoms with E-state index in [2.05, 4.69) is 23.9 Å². The van der Waals surface area contributed by atoms with Crippen molar-refractivity contribution in [3.63, 3.8) is 0 Å². The number of nitrogens with zero attached hydrogens (tertiary/aromatic N) is 3. The summed E-state index contributed by atoms with van der Waals surface area (Å²) in [5, 5.41) is 3.96. The molecule has 0 aliphatic heterocycles. The van der Waals surface area contributed by atoms with Crippen LogP contribution in [-0.2, 0) is 6.54 Å². The average molecular weight is 125 g/mol. The first kappa shape index (κ1) is 6.26. The Morgan fingerprint density at radius 1 is 1.56 bits per heavy atom. The van der Waals surface area contributed by atoms with Gasteiger partial charge in [0, 0.05) is 6.54 Å². The van der Waals surface area contributed by atoms with E-state index in [1.54, 1.807) is 12.7 Å². The van der Waals surface area contributed by atoms with Crippen LogP contribution in [0.4, 0.5) is 0 Å². The molecule has 3 nitrogen and oxygen atoms in total. The Bertz CT molecular complexity index is 155. The molecule has 0 aliphatic rings. The van der Waals surface area contributed by atoms with Crippen LogP contribution in [0.1, 0.15) is 13.8 Å². The summed E-state index contributed by atoms with van der Waals surface area (Å²) in [7, 11) is 0. The van der Waals surface area contributed by atoms with E-state index in [1.165, 1.54) is 0 Å². The number of rotatable bonds is 2. The van der Waals surface area contributed by atoms with Gasteiger partial charge in [-0.25, -0.2) is 4.98 Å². The molecule has 0 saturated heterocycles. The molecule has 0 spiro atoms. The maximum absolute atomic E-state index is 3.96. The summed E-state index contributed by atoms with van der Waals surface area (Å²) in [4.78, 5) is 3.83. The summed E-state index contributed by atoms with van der Waals surface area (Å²) in [6.45, 7) is 5.27. The predicted molar refractivity (Wildman–Crippen MR) is 34.9 cm³/mol. The smallest absolute Gasteiger partial charge is 0.137 e. The zero-order valence-electron chi connectivity index (χ0n) is 5.78. The second-order valence-electron chi connectivity index (χ2n) is 2.51. The average Bonchev–Trinajstić information content (AvgIpc) is 2.15. The molecule has 9 heavy (non-hydrogen) atoms. The maximum Gasteiger partial charge on any atom is 0.137 e. The van der Waals surface area contributed by atoms with Crippen LogP contribution >= 0.6 is 0 Å². The largest absolute Gasteiger partial charge is 0.253 e. The molecule has 1 aromatic heterocycles. The van der Waals surface area contributed by atoms with Crippen molar-refractivity contribution in [3.05, 3.63) is 12.7 Å². The predicted octanol–water partition coefficient (Wildman–Crippen LogP) is 0.934. The van der Waals surface area contributed by atoms with E-state index in [4.69, 9.17) is 0 Å². The van der Waals surface area contributed by atoms with Gasteiger partial charge in [0.25, 0.3) is 0 Å². The van der Waals surface area contributed by atoms with E-state index in [0.29, 0.717) is 5.92 Å². The fraction of sp³-hybridized carbons (Fsp3) is 0.667. The van der Waals surface area contributed by atoms with Gasteiger partial charge in [-0.1, -0.05) is 13.8 Å². The lowest BCUT2D eigenvalue weighted by molar-refractivity contribution is 0.482. The normalized spacial score (nSPS) is 10.6. The molecule has 50 valence electrons. The van der Waals surface area contributed by atoms with Crippen molar-refractivity contribution in [2.45, 2.75) is 20.4 Å². The van der Waals surface area contributed by atoms with Crippen molar-refractivity contribution < 1.29 is 0 Å². The quantitative estimate of drug-likeness (QED) is 0.588. The third-order valence-electron chi connectivity index (χ3n) is 1.02. The molecule has 1 aromatic rings. The molecule has 1 heterocycles. The molecule has 0 bridgehead atoms. The summed E-state index contributed by atoms with van der Waals surface area (Å²) in [6, 6.07) is 0. The third kappa shape index (κ3) is 1.83. The molecule has 0 fully saturated rings. The third-order valence-corrected chi connectivity index (χ3v) is 1.02. The minimum atomic E-state index is 0.645. The highest BCUT2D eigenvalue weighted by atomic mass is 15.3. The summed E-state index contributed by atoms with van der Waals surface area (Å²) >= 11 is 0. The Balaban J connectivity index is 2.48. The van der Waals surface area contributed by atoms with Crippen LogP contribution in [0.3, 0.4) is 0 Å². The number of hydrogen-bond acceptors (Lipinski definition) is 2. The van der Waals surface area contributed by atoms with Gasteiger partial charge >= 0.3 is 0 Å². The SMILES string of the molecule is CC(C)Cn1cncn1. The Morgan fingerprint density at radius 2 is 2.33 bits per heavy atom. The minimum absolute atomic E-state index is 0.645. The zero-order chi connectivity index (χ0) is 6.69. The molecule has 0 aromatic carbocycles. The van der Waals surface area contributed by atoms with Crippen molar-refractivity contribution in [2.75, 3.05) is 0 Å². The van der Waals surface area contributed by atoms with Crippen molar-refractivity contribution in [1.82, 2.24) is 14.8 Å². The van der Waals surface area contributed by atoms with E-state index >= 15 is 0 Å². The second kappa shape index (κ2) is 2.62. The Labute approximate surface area is 54.7 Å². The molecule has 1 rings (SSSR count). The molecular formula is C6H11N3. The van der Waals surface area contributed by atoms with Gasteiger partial charge in [-0.2, -0.15) is 5.10 Å². The Kier molecular flexibility index (Phi) is 1.82. The van der Waals surface area contributed by atoms with Crippen molar-refractivity contribution in [2.24, 2.45) is 5.92 Å². The van der Waals surface area contributed by atoms with Crippen LogP contribution in [0, 0.1) is 5.92 Å². The van der Waals surface area contributed by atoms with Crippen LogP contribution < -0.4 is 0 Å². The van der Waals surface area contributed by atoms with Gasteiger partial charge in [-0.15, -0.1) is 0 Å². The highest BCUT2D eigenvalue weighted by molar-refractivity contribution is 4.56. The van der Waals surface area contributed by atoms with Crippen LogP contribution in [-0.4, -0.2) is 14.8 Å². The zero-order valence-corrected chi connectivity index (χ0v) is 5.78. The topological polar surface area (TPSA) is 30.7 Å². The lowest BCUT2D eigenvalue weighted by Gasteiger charge is -2.01. The van der Waals surface area contributed by atoms with E-state index in [0.717, 1.165) is 6.54 Å². The highest BCUT2D eigenvalue weighted by Gasteiger charge is 1.93. The first-order valence-electron chi connectivity index (χ1n) is 3.11. The lowest BCUT2D eigenvalue weighted by atomic mass is 10.2. The molecule has 0 unspecified atom stereocenters. The van der Waals surface area contributed by atoms with E-state index < -0.39 is 0 Å². The van der Waals surface area contributed by atoms with Crippen LogP contribution in [0.15, 0.2) is 12.7 Å². The summed E-state index contributed by atoms with van der Waals surface area (Å²) < 4.78 is 1.84. The Hall–Kier alpha value is -0.860. The molecule has 0 atom stereocenters. The van der Waals surface area contributed by atoms with E-state index in [9.17, 15) is 0 Å². The van der Waals surface area contributed by atoms with Crippen LogP contribution in [0.2, 0.25) is 0 Å². The maximum atomic E-state index is 3.96. The number of hydrogen-bond donors (Lipinski definition) is 0. The highest BCUT2D eigenvalue weighted by Crippen LogP contribution is 1.94. The van der Waals surface area contributed by atoms with Crippen molar-refractivity contribution in [1.29, 1.82) is 0 Å². The monoisotopic (exact) mass is 125 g/mol. The number of aromatic nitrogens is 3. The van der Waals surface area contributed by atoms with Gasteiger partial charge in [-0.3, -0.25) is 4.68 Å². The summed E-state index contributed by atoms with van der Waals surface area (Å²) in [6.07, 6.45) is 3.29. The fourth-order valence-electron chi connectivity index (χ4n) is 0.701. The van der Waals surface area contributed by atoms with Crippen molar-refractivity contribution >= 4 is 0 Å². The minimum Gasteiger partial charge on any atom is -0.253 e. The fourth-order valence-corrected chi connectivity index (χ4v) is 0.701. The molecule has 0 amide bonds. The van der Waals surface area contributed by atoms with Gasteiger partial charge in [0.15, 0.2) is 0 Å². The van der Waals surface area contributed by atoms with Gasteiger partial charge in [0.05, 0.1) is 0 Å². The van der Waals surface area contributed by atoms with Gasteiger partial charge in [0.2, 0.25) is 0 Å². The van der Waals surface area contributed by atoms with E-state index in [-0.39, 0.29) is 0 Å². The summed E-state index contributed by atoms with van der Waals surface area (Å²) in [5.74, 6) is 0.645. The molecule has 0 N–H and O–H groups in total. The standard InChI is InChI=1S/C6H11N3/c1-6(2)3-9-5-7-4-8-9/h4-6H,3H2,1-2H3. The van der Waals surface area contributed by atoms with Crippen LogP contribution in [0.5, 0.6) is 0 Å². The van der Waals surface area contributed by atoms with Gasteiger partial charge < -0.3 is 0 Å². The first-order valence-corrected chi connectivity index (χ1v) is 3.11. The molecule has 0 aliphatic carbocycles. The summed E-state index contributed by atoms with van der Waals surface area (Å²) in [5.41, 5.74) is 0.